The molecule has 0 aromatic carbocycles. The van der Waals surface area contributed by atoms with Gasteiger partial charge in [-0.05, 0) is 13.8 Å². The lowest BCUT2D eigenvalue weighted by Gasteiger charge is -2.06. The number of hydrogen-bond acceptors (Lipinski definition) is 2. The number of carbonyl (C=O) groups excluding carboxylic acids is 2. The molecule has 3 nitrogen and oxygen atoms in total. The Kier molecular flexibility index (Phi) is 19.0. The summed E-state index contributed by atoms with van der Waals surface area (Å²) in [6.07, 6.45) is 0. The zero-order chi connectivity index (χ0) is 11.4. The summed E-state index contributed by atoms with van der Waals surface area (Å²) >= 11 is 0. The minimum absolute atomic E-state index is 0.0230. The fourth-order valence-corrected chi connectivity index (χ4v) is 0.407. The van der Waals surface area contributed by atoms with Crippen LogP contribution in [0.1, 0.15) is 48.5 Å². The molecule has 80 valence electrons. The average molecular weight is 189 g/mol. The minimum atomic E-state index is -0.345. The van der Waals surface area contributed by atoms with Crippen LogP contribution in [-0.2, 0) is 9.59 Å². The Bertz CT molecular complexity index is 133. The van der Waals surface area contributed by atoms with Crippen molar-refractivity contribution in [1.29, 1.82) is 0 Å². The first-order chi connectivity index (χ1) is 6.04. The highest BCUT2D eigenvalue weighted by atomic mass is 16.2. The van der Waals surface area contributed by atoms with Crippen LogP contribution >= 0.6 is 0 Å². The Morgan fingerprint density at radius 2 is 1.31 bits per heavy atom. The predicted molar refractivity (Wildman–Crippen MR) is 56.7 cm³/mol. The number of rotatable bonds is 2. The van der Waals surface area contributed by atoms with E-state index in [9.17, 15) is 9.59 Å². The summed E-state index contributed by atoms with van der Waals surface area (Å²) in [7, 11) is 0. The van der Waals surface area contributed by atoms with Gasteiger partial charge in [-0.25, -0.2) is 0 Å². The molecule has 1 amide bonds. The van der Waals surface area contributed by atoms with Crippen LogP contribution in [0.25, 0.3) is 0 Å². The lowest BCUT2D eigenvalue weighted by molar-refractivity contribution is -0.125. The summed E-state index contributed by atoms with van der Waals surface area (Å²) in [5.41, 5.74) is 0. The Morgan fingerprint density at radius 1 is 1.00 bits per heavy atom. The molecule has 0 saturated carbocycles. The van der Waals surface area contributed by atoms with Crippen molar-refractivity contribution in [2.24, 2.45) is 0 Å². The van der Waals surface area contributed by atoms with E-state index in [1.807, 2.05) is 27.7 Å². The summed E-state index contributed by atoms with van der Waals surface area (Å²) in [5, 5.41) is 2.45. The van der Waals surface area contributed by atoms with Gasteiger partial charge in [0.2, 0.25) is 5.91 Å². The van der Waals surface area contributed by atoms with Crippen molar-refractivity contribution in [3.05, 3.63) is 0 Å². The van der Waals surface area contributed by atoms with Crippen molar-refractivity contribution in [3.63, 3.8) is 0 Å². The monoisotopic (exact) mass is 189 g/mol. The van der Waals surface area contributed by atoms with Gasteiger partial charge in [0, 0.05) is 6.92 Å². The van der Waals surface area contributed by atoms with Gasteiger partial charge in [-0.1, -0.05) is 27.7 Å². The number of nitrogens with one attached hydrogen (secondary N) is 1. The Morgan fingerprint density at radius 3 is 1.38 bits per heavy atom. The number of ketones is 1. The molecular formula is C10H23NO2. The van der Waals surface area contributed by atoms with Crippen LogP contribution in [0.4, 0.5) is 0 Å². The fourth-order valence-electron chi connectivity index (χ4n) is 0.407. The van der Waals surface area contributed by atoms with E-state index in [1.54, 1.807) is 6.92 Å². The molecule has 0 aromatic heterocycles. The van der Waals surface area contributed by atoms with Crippen molar-refractivity contribution >= 4 is 11.7 Å². The second-order valence-corrected chi connectivity index (χ2v) is 2.03. The lowest BCUT2D eigenvalue weighted by Crippen LogP contribution is -2.35. The van der Waals surface area contributed by atoms with Crippen molar-refractivity contribution in [1.82, 2.24) is 5.32 Å². The first kappa shape index (κ1) is 18.0. The van der Waals surface area contributed by atoms with Gasteiger partial charge in [-0.2, -0.15) is 0 Å². The third-order valence-electron chi connectivity index (χ3n) is 1.03. The van der Waals surface area contributed by atoms with E-state index >= 15 is 0 Å². The lowest BCUT2D eigenvalue weighted by atomic mass is 10.2. The number of hydrogen-bond donors (Lipinski definition) is 1. The zero-order valence-corrected chi connectivity index (χ0v) is 9.89. The molecule has 0 heterocycles. The molecule has 0 spiro atoms. The number of carbonyl (C=O) groups is 2. The number of Topliss-reactive ketones (excluding diaryl/α,β-unsaturated/α-hetero) is 1. The van der Waals surface area contributed by atoms with Crippen LogP contribution in [0.3, 0.4) is 0 Å². The molecule has 1 atom stereocenters. The Labute approximate surface area is 81.9 Å². The molecule has 0 bridgehead atoms. The van der Waals surface area contributed by atoms with E-state index in [4.69, 9.17) is 0 Å². The summed E-state index contributed by atoms with van der Waals surface area (Å²) < 4.78 is 0. The van der Waals surface area contributed by atoms with Crippen molar-refractivity contribution in [3.8, 4) is 0 Å². The summed E-state index contributed by atoms with van der Waals surface area (Å²) in [6.45, 7) is 12.5. The zero-order valence-electron chi connectivity index (χ0n) is 9.89. The van der Waals surface area contributed by atoms with E-state index in [-0.39, 0.29) is 17.7 Å². The second-order valence-electron chi connectivity index (χ2n) is 2.03. The highest BCUT2D eigenvalue weighted by Crippen LogP contribution is 1.81. The largest absolute Gasteiger partial charge is 0.347 e. The molecule has 13 heavy (non-hydrogen) atoms. The van der Waals surface area contributed by atoms with Crippen molar-refractivity contribution < 1.29 is 9.59 Å². The standard InChI is InChI=1S/C6H11NO2.2C2H6/c1-4(5(2)8)7-6(3)9;2*1-2/h4H,1-3H3,(H,7,9);2*1-2H3. The molecule has 0 saturated heterocycles. The third-order valence-corrected chi connectivity index (χ3v) is 1.03. The molecule has 0 aromatic rings. The molecule has 0 aliphatic rings. The molecule has 3 heteroatoms. The van der Waals surface area contributed by atoms with Crippen LogP contribution in [-0.4, -0.2) is 17.7 Å². The van der Waals surface area contributed by atoms with E-state index in [0.717, 1.165) is 0 Å². The Balaban J connectivity index is -0.000000218. The van der Waals surface area contributed by atoms with E-state index < -0.39 is 0 Å². The topological polar surface area (TPSA) is 46.2 Å². The van der Waals surface area contributed by atoms with Crippen molar-refractivity contribution in [2.75, 3.05) is 0 Å². The number of amides is 1. The van der Waals surface area contributed by atoms with Crippen LogP contribution in [0.2, 0.25) is 0 Å². The summed E-state index contributed by atoms with van der Waals surface area (Å²) in [5.74, 6) is -0.192. The maximum atomic E-state index is 10.5. The van der Waals surface area contributed by atoms with Crippen LogP contribution in [0.5, 0.6) is 0 Å². The normalized spacial score (nSPS) is 9.46. The van der Waals surface area contributed by atoms with Gasteiger partial charge >= 0.3 is 0 Å². The highest BCUT2D eigenvalue weighted by Gasteiger charge is 2.06. The maximum Gasteiger partial charge on any atom is 0.217 e. The summed E-state index contributed by atoms with van der Waals surface area (Å²) in [4.78, 5) is 20.8. The first-order valence-electron chi connectivity index (χ1n) is 4.81. The highest BCUT2D eigenvalue weighted by molar-refractivity contribution is 5.86. The molecule has 0 rings (SSSR count). The first-order valence-corrected chi connectivity index (χ1v) is 4.81. The molecule has 0 radical (unpaired) electrons. The average Bonchev–Trinajstić information content (AvgIpc) is 2.10. The van der Waals surface area contributed by atoms with Gasteiger partial charge in [0.1, 0.15) is 0 Å². The molecular weight excluding hydrogens is 166 g/mol. The van der Waals surface area contributed by atoms with Gasteiger partial charge in [-0.3, -0.25) is 9.59 Å². The fraction of sp³-hybridized carbons (Fsp3) is 0.800. The predicted octanol–water partition coefficient (Wildman–Crippen LogP) is 2.15. The van der Waals surface area contributed by atoms with Gasteiger partial charge in [-0.15, -0.1) is 0 Å². The molecule has 1 N–H and O–H groups in total. The molecule has 0 fully saturated rings. The van der Waals surface area contributed by atoms with Gasteiger partial charge in [0.05, 0.1) is 6.04 Å². The minimum Gasteiger partial charge on any atom is -0.347 e. The summed E-state index contributed by atoms with van der Waals surface area (Å²) in [6, 6.07) is -0.345. The van der Waals surface area contributed by atoms with E-state index in [0.29, 0.717) is 0 Å². The van der Waals surface area contributed by atoms with Crippen LogP contribution in [0, 0.1) is 0 Å². The Hall–Kier alpha value is -0.860. The maximum absolute atomic E-state index is 10.5. The molecule has 1 unspecified atom stereocenters. The SMILES string of the molecule is CC.CC.CC(=O)NC(C)C(C)=O. The van der Waals surface area contributed by atoms with Gasteiger partial charge < -0.3 is 5.32 Å². The van der Waals surface area contributed by atoms with Crippen LogP contribution in [0.15, 0.2) is 0 Å². The van der Waals surface area contributed by atoms with Gasteiger partial charge in [0.25, 0.3) is 0 Å². The molecule has 0 aliphatic heterocycles. The van der Waals surface area contributed by atoms with E-state index in [1.165, 1.54) is 13.8 Å². The smallest absolute Gasteiger partial charge is 0.217 e. The second kappa shape index (κ2) is 13.7. The van der Waals surface area contributed by atoms with Crippen molar-refractivity contribution in [2.45, 2.75) is 54.5 Å². The van der Waals surface area contributed by atoms with Crippen LogP contribution < -0.4 is 5.32 Å². The quantitative estimate of drug-likeness (QED) is 0.723. The van der Waals surface area contributed by atoms with Gasteiger partial charge in [0.15, 0.2) is 5.78 Å². The third kappa shape index (κ3) is 18.3. The van der Waals surface area contributed by atoms with E-state index in [2.05, 4.69) is 5.32 Å². The molecule has 0 aliphatic carbocycles.